The number of aromatic hydroxyl groups is 1. The maximum Gasteiger partial charge on any atom is 0.118 e. The summed E-state index contributed by atoms with van der Waals surface area (Å²) in [6.07, 6.45) is 0. The van der Waals surface area contributed by atoms with E-state index in [0.29, 0.717) is 15.7 Å². The Bertz CT molecular complexity index is 515. The second-order valence-corrected chi connectivity index (χ2v) is 5.49. The first-order chi connectivity index (χ1) is 8.79. The maximum atomic E-state index is 8.89. The van der Waals surface area contributed by atoms with Crippen LogP contribution < -0.4 is 5.73 Å². The molecule has 2 aromatic rings. The molecule has 0 aliphatic rings. The van der Waals surface area contributed by atoms with Crippen molar-refractivity contribution in [2.24, 2.45) is 0 Å². The number of hydrogen-bond acceptors (Lipinski definition) is 2. The minimum atomic E-state index is 0.0133. The Morgan fingerprint density at radius 3 is 1.53 bits per heavy atom. The molecule has 0 aliphatic heterocycles. The molecule has 0 spiro atoms. The lowest BCUT2D eigenvalue weighted by Gasteiger charge is -1.98. The monoisotopic (exact) mass is 357 g/mol. The molecule has 102 valence electrons. The van der Waals surface area contributed by atoms with Gasteiger partial charge >= 0.3 is 0 Å². The highest BCUT2D eigenvalue weighted by atomic mass is 35.5. The largest absolute Gasteiger partial charge is 0.508 e. The second kappa shape index (κ2) is 7.32. The Kier molecular flexibility index (Phi) is 6.37. The first-order valence-electron chi connectivity index (χ1n) is 4.84. The van der Waals surface area contributed by atoms with Crippen LogP contribution in [0.5, 0.6) is 5.75 Å². The van der Waals surface area contributed by atoms with Crippen LogP contribution >= 0.6 is 58.0 Å². The van der Waals surface area contributed by atoms with Gasteiger partial charge in [0.1, 0.15) is 5.75 Å². The number of phenolic OH excluding ortho intramolecular Hbond substituents is 1. The summed E-state index contributed by atoms with van der Waals surface area (Å²) in [7, 11) is 0. The molecule has 0 aliphatic carbocycles. The molecule has 0 bridgehead atoms. The highest BCUT2D eigenvalue weighted by Crippen LogP contribution is 2.33. The molecule has 0 radical (unpaired) electrons. The lowest BCUT2D eigenvalue weighted by molar-refractivity contribution is 0.475. The molecular formula is C12H8Cl5NO. The third-order valence-electron chi connectivity index (χ3n) is 1.85. The van der Waals surface area contributed by atoms with Crippen molar-refractivity contribution in [2.75, 3.05) is 5.73 Å². The van der Waals surface area contributed by atoms with Crippen LogP contribution in [-0.2, 0) is 0 Å². The van der Waals surface area contributed by atoms with Crippen molar-refractivity contribution in [3.05, 3.63) is 55.4 Å². The normalized spacial score (nSPS) is 9.74. The van der Waals surface area contributed by atoms with Crippen LogP contribution in [0.25, 0.3) is 0 Å². The Hall–Kier alpha value is -0.510. The van der Waals surface area contributed by atoms with Gasteiger partial charge in [-0.25, -0.2) is 0 Å². The Morgan fingerprint density at radius 1 is 0.737 bits per heavy atom. The molecule has 0 unspecified atom stereocenters. The number of nitrogens with two attached hydrogens (primary N) is 1. The topological polar surface area (TPSA) is 46.2 Å². The molecule has 0 amide bonds. The third kappa shape index (κ3) is 5.55. The second-order valence-electron chi connectivity index (χ2n) is 3.43. The van der Waals surface area contributed by atoms with Crippen molar-refractivity contribution in [1.82, 2.24) is 0 Å². The number of rotatable bonds is 0. The minimum Gasteiger partial charge on any atom is -0.508 e. The fraction of sp³-hybridized carbons (Fsp3) is 0. The summed E-state index contributed by atoms with van der Waals surface area (Å²) >= 11 is 27.8. The first kappa shape index (κ1) is 16.5. The van der Waals surface area contributed by atoms with Gasteiger partial charge in [0, 0.05) is 27.9 Å². The molecule has 0 atom stereocenters. The van der Waals surface area contributed by atoms with E-state index in [1.54, 1.807) is 18.2 Å². The molecular weight excluding hydrogens is 351 g/mol. The van der Waals surface area contributed by atoms with E-state index in [1.165, 1.54) is 12.1 Å². The van der Waals surface area contributed by atoms with Crippen LogP contribution in [0.3, 0.4) is 0 Å². The Balaban J connectivity index is 0.000000191. The van der Waals surface area contributed by atoms with Crippen molar-refractivity contribution in [3.63, 3.8) is 0 Å². The number of benzene rings is 2. The van der Waals surface area contributed by atoms with Gasteiger partial charge in [0.25, 0.3) is 0 Å². The van der Waals surface area contributed by atoms with E-state index in [2.05, 4.69) is 0 Å². The molecule has 2 nitrogen and oxygen atoms in total. The van der Waals surface area contributed by atoms with Gasteiger partial charge in [0.15, 0.2) is 0 Å². The number of anilines is 1. The van der Waals surface area contributed by atoms with Gasteiger partial charge in [-0.15, -0.1) is 0 Å². The van der Waals surface area contributed by atoms with Crippen LogP contribution in [0.4, 0.5) is 5.69 Å². The van der Waals surface area contributed by atoms with E-state index in [9.17, 15) is 0 Å². The van der Waals surface area contributed by atoms with Crippen molar-refractivity contribution in [1.29, 1.82) is 0 Å². The fourth-order valence-electron chi connectivity index (χ4n) is 1.12. The summed E-state index contributed by atoms with van der Waals surface area (Å²) in [4.78, 5) is 0. The van der Waals surface area contributed by atoms with Crippen molar-refractivity contribution in [2.45, 2.75) is 0 Å². The Morgan fingerprint density at radius 2 is 1.16 bits per heavy atom. The average molecular weight is 359 g/mol. The van der Waals surface area contributed by atoms with E-state index in [4.69, 9.17) is 68.8 Å². The molecule has 2 rings (SSSR count). The quantitative estimate of drug-likeness (QED) is 0.452. The fourth-order valence-corrected chi connectivity index (χ4v) is 2.24. The summed E-state index contributed by atoms with van der Waals surface area (Å²) in [6, 6.07) is 7.59. The number of nitrogen functional groups attached to an aromatic ring is 1. The first-order valence-corrected chi connectivity index (χ1v) is 6.73. The van der Waals surface area contributed by atoms with Crippen LogP contribution in [0.2, 0.25) is 25.1 Å². The highest BCUT2D eigenvalue weighted by molar-refractivity contribution is 6.48. The number of hydrogen-bond donors (Lipinski definition) is 2. The van der Waals surface area contributed by atoms with E-state index >= 15 is 0 Å². The minimum absolute atomic E-state index is 0.0133. The van der Waals surface area contributed by atoms with E-state index in [1.807, 2.05) is 0 Å². The summed E-state index contributed by atoms with van der Waals surface area (Å²) in [5, 5.41) is 10.8. The van der Waals surface area contributed by atoms with E-state index in [-0.39, 0.29) is 20.8 Å². The van der Waals surface area contributed by atoms with Crippen LogP contribution in [0.15, 0.2) is 30.3 Å². The summed E-state index contributed by atoms with van der Waals surface area (Å²) in [6.45, 7) is 0. The van der Waals surface area contributed by atoms with Gasteiger partial charge in [-0.2, -0.15) is 0 Å². The molecule has 0 saturated carbocycles. The van der Waals surface area contributed by atoms with Gasteiger partial charge in [-0.1, -0.05) is 58.0 Å². The smallest absolute Gasteiger partial charge is 0.118 e. The van der Waals surface area contributed by atoms with Crippen LogP contribution in [-0.4, -0.2) is 5.11 Å². The summed E-state index contributed by atoms with van der Waals surface area (Å²) in [5.41, 5.74) is 5.98. The zero-order valence-electron chi connectivity index (χ0n) is 9.30. The lowest BCUT2D eigenvalue weighted by Crippen LogP contribution is -1.82. The van der Waals surface area contributed by atoms with Gasteiger partial charge in [-0.3, -0.25) is 0 Å². The van der Waals surface area contributed by atoms with Crippen molar-refractivity contribution >= 4 is 63.7 Å². The standard InChI is InChI=1S/C6H3Cl3O.C6H5Cl2N/c7-4-1-3(10)2-5(8)6(4)9;7-4-1-5(8)3-6(9)2-4/h1-2,10H;1-3H,9H2. The van der Waals surface area contributed by atoms with Gasteiger partial charge in [0.05, 0.1) is 15.1 Å². The SMILES string of the molecule is Nc1cc(Cl)cc(Cl)c1.Oc1cc(Cl)c(Cl)c(Cl)c1. The summed E-state index contributed by atoms with van der Waals surface area (Å²) in [5.74, 6) is 0.0133. The van der Waals surface area contributed by atoms with Crippen molar-refractivity contribution < 1.29 is 5.11 Å². The lowest BCUT2D eigenvalue weighted by atomic mass is 10.3. The van der Waals surface area contributed by atoms with Gasteiger partial charge in [0.2, 0.25) is 0 Å². The molecule has 19 heavy (non-hydrogen) atoms. The predicted molar refractivity (Wildman–Crippen MR) is 84.0 cm³/mol. The summed E-state index contributed by atoms with van der Waals surface area (Å²) < 4.78 is 0. The number of halogens is 5. The highest BCUT2D eigenvalue weighted by Gasteiger charge is 2.03. The maximum absolute atomic E-state index is 8.89. The zero-order valence-corrected chi connectivity index (χ0v) is 13.1. The molecule has 2 aromatic carbocycles. The molecule has 0 heterocycles. The van der Waals surface area contributed by atoms with Crippen LogP contribution in [0, 0.1) is 0 Å². The molecule has 3 N–H and O–H groups in total. The zero-order chi connectivity index (χ0) is 14.6. The Labute approximate surface area is 135 Å². The van der Waals surface area contributed by atoms with Crippen LogP contribution in [0.1, 0.15) is 0 Å². The van der Waals surface area contributed by atoms with E-state index in [0.717, 1.165) is 0 Å². The molecule has 0 aromatic heterocycles. The molecule has 0 saturated heterocycles. The average Bonchev–Trinajstić information content (AvgIpc) is 2.24. The third-order valence-corrected chi connectivity index (χ3v) is 3.49. The van der Waals surface area contributed by atoms with Gasteiger partial charge in [-0.05, 0) is 18.2 Å². The van der Waals surface area contributed by atoms with Crippen molar-refractivity contribution in [3.8, 4) is 5.75 Å². The van der Waals surface area contributed by atoms with E-state index < -0.39 is 0 Å². The molecule has 7 heteroatoms. The predicted octanol–water partition coefficient (Wildman–Crippen LogP) is 5.93. The molecule has 0 fully saturated rings. The van der Waals surface area contributed by atoms with Gasteiger partial charge < -0.3 is 10.8 Å². The number of phenols is 1.